The van der Waals surface area contributed by atoms with Crippen molar-refractivity contribution in [3.05, 3.63) is 10.5 Å². The number of halogens is 1. The third-order valence-corrected chi connectivity index (χ3v) is 2.40. The van der Waals surface area contributed by atoms with E-state index in [1.54, 1.807) is 12.5 Å². The molecule has 0 unspecified atom stereocenters. The van der Waals surface area contributed by atoms with Gasteiger partial charge in [-0.05, 0) is 6.42 Å². The lowest BCUT2D eigenvalue weighted by Crippen LogP contribution is -2.03. The minimum Gasteiger partial charge on any atom is -0.385 e. The summed E-state index contributed by atoms with van der Waals surface area (Å²) in [5, 5.41) is 6.37. The molecule has 0 radical (unpaired) electrons. The number of aromatic nitrogens is 1. The van der Waals surface area contributed by atoms with Crippen LogP contribution in [-0.2, 0) is 4.74 Å². The minimum atomic E-state index is 0.550. The molecule has 1 aromatic heterocycles. The fourth-order valence-electron chi connectivity index (χ4n) is 0.747. The fourth-order valence-corrected chi connectivity index (χ4v) is 1.61. The van der Waals surface area contributed by atoms with Crippen LogP contribution in [0, 0.1) is 0 Å². The molecule has 1 N–H and O–H groups in total. The van der Waals surface area contributed by atoms with E-state index >= 15 is 0 Å². The van der Waals surface area contributed by atoms with Gasteiger partial charge in [-0.15, -0.1) is 11.3 Å². The Bertz CT molecular complexity index is 229. The highest BCUT2D eigenvalue weighted by atomic mass is 35.5. The molecule has 3 nitrogen and oxygen atoms in total. The summed E-state index contributed by atoms with van der Waals surface area (Å²) in [6, 6.07) is 0. The van der Waals surface area contributed by atoms with E-state index in [9.17, 15) is 0 Å². The molecule has 0 amide bonds. The summed E-state index contributed by atoms with van der Waals surface area (Å²) in [4.78, 5) is 4.04. The monoisotopic (exact) mass is 206 g/mol. The molecule has 0 aliphatic rings. The molecule has 0 aromatic carbocycles. The van der Waals surface area contributed by atoms with Crippen LogP contribution in [0.3, 0.4) is 0 Å². The molecule has 5 heteroatoms. The lowest BCUT2D eigenvalue weighted by Gasteiger charge is -2.00. The predicted molar refractivity (Wildman–Crippen MR) is 52.1 cm³/mol. The van der Waals surface area contributed by atoms with Gasteiger partial charge in [0.2, 0.25) is 0 Å². The zero-order valence-corrected chi connectivity index (χ0v) is 8.41. The second-order valence-corrected chi connectivity index (χ2v) is 3.49. The lowest BCUT2D eigenvalue weighted by atomic mass is 10.4. The molecule has 0 spiro atoms. The van der Waals surface area contributed by atoms with Crippen LogP contribution in [-0.4, -0.2) is 25.2 Å². The van der Waals surface area contributed by atoms with Crippen LogP contribution in [0.2, 0.25) is 5.15 Å². The number of anilines is 1. The van der Waals surface area contributed by atoms with Crippen molar-refractivity contribution in [2.24, 2.45) is 0 Å². The second-order valence-electron chi connectivity index (χ2n) is 2.25. The summed E-state index contributed by atoms with van der Waals surface area (Å²) < 4.78 is 4.90. The summed E-state index contributed by atoms with van der Waals surface area (Å²) in [6.45, 7) is 1.64. The van der Waals surface area contributed by atoms with Gasteiger partial charge in [0, 0.05) is 25.6 Å². The molecule has 12 heavy (non-hydrogen) atoms. The fraction of sp³-hybridized carbons (Fsp3) is 0.571. The zero-order chi connectivity index (χ0) is 8.81. The van der Waals surface area contributed by atoms with Gasteiger partial charge in [-0.1, -0.05) is 11.6 Å². The largest absolute Gasteiger partial charge is 0.385 e. The van der Waals surface area contributed by atoms with Crippen molar-refractivity contribution in [2.75, 3.05) is 25.6 Å². The standard InChI is InChI=1S/C7H11ClN2OS/c1-11-4-2-3-9-7-10-6(8)5-12-7/h5H,2-4H2,1H3,(H,9,10). The third-order valence-electron chi connectivity index (χ3n) is 1.28. The molecule has 0 atom stereocenters. The van der Waals surface area contributed by atoms with Crippen LogP contribution in [0.25, 0.3) is 0 Å². The summed E-state index contributed by atoms with van der Waals surface area (Å²) >= 11 is 7.15. The smallest absolute Gasteiger partial charge is 0.184 e. The Morgan fingerprint density at radius 2 is 2.58 bits per heavy atom. The molecule has 68 valence electrons. The summed E-state index contributed by atoms with van der Waals surface area (Å²) in [5.74, 6) is 0. The second kappa shape index (κ2) is 5.35. The number of thiazole rings is 1. The van der Waals surface area contributed by atoms with Crippen LogP contribution in [0.15, 0.2) is 5.38 Å². The van der Waals surface area contributed by atoms with Crippen molar-refractivity contribution < 1.29 is 4.74 Å². The van der Waals surface area contributed by atoms with Crippen LogP contribution in [0.5, 0.6) is 0 Å². The van der Waals surface area contributed by atoms with Crippen molar-refractivity contribution in [1.29, 1.82) is 0 Å². The highest BCUT2D eigenvalue weighted by molar-refractivity contribution is 7.14. The highest BCUT2D eigenvalue weighted by Gasteiger charge is 1.96. The summed E-state index contributed by atoms with van der Waals surface area (Å²) in [7, 11) is 1.69. The Labute approximate surface area is 80.7 Å². The molecule has 0 bridgehead atoms. The lowest BCUT2D eigenvalue weighted by molar-refractivity contribution is 0.198. The Balaban J connectivity index is 2.15. The average molecular weight is 207 g/mol. The van der Waals surface area contributed by atoms with E-state index in [0.29, 0.717) is 5.15 Å². The average Bonchev–Trinajstić information content (AvgIpc) is 2.45. The van der Waals surface area contributed by atoms with E-state index < -0.39 is 0 Å². The van der Waals surface area contributed by atoms with Crippen LogP contribution in [0.1, 0.15) is 6.42 Å². The van der Waals surface area contributed by atoms with Crippen molar-refractivity contribution in [3.63, 3.8) is 0 Å². The molecule has 0 aliphatic carbocycles. The summed E-state index contributed by atoms with van der Waals surface area (Å²) in [6.07, 6.45) is 0.980. The summed E-state index contributed by atoms with van der Waals surface area (Å²) in [5.41, 5.74) is 0. The van der Waals surface area contributed by atoms with Gasteiger partial charge in [0.15, 0.2) is 5.13 Å². The molecule has 1 rings (SSSR count). The predicted octanol–water partition coefficient (Wildman–Crippen LogP) is 2.24. The van der Waals surface area contributed by atoms with Crippen molar-refractivity contribution in [3.8, 4) is 0 Å². The van der Waals surface area contributed by atoms with Gasteiger partial charge in [0.25, 0.3) is 0 Å². The highest BCUT2D eigenvalue weighted by Crippen LogP contribution is 2.18. The topological polar surface area (TPSA) is 34.1 Å². The third kappa shape index (κ3) is 3.38. The van der Waals surface area contributed by atoms with Gasteiger partial charge in [0.05, 0.1) is 0 Å². The minimum absolute atomic E-state index is 0.550. The van der Waals surface area contributed by atoms with E-state index in [0.717, 1.165) is 24.7 Å². The molecule has 0 fully saturated rings. The van der Waals surface area contributed by atoms with Crippen molar-refractivity contribution >= 4 is 28.1 Å². The van der Waals surface area contributed by atoms with Crippen LogP contribution < -0.4 is 5.32 Å². The van der Waals surface area contributed by atoms with E-state index in [-0.39, 0.29) is 0 Å². The van der Waals surface area contributed by atoms with Gasteiger partial charge in [0.1, 0.15) is 5.15 Å². The van der Waals surface area contributed by atoms with Gasteiger partial charge in [-0.25, -0.2) is 4.98 Å². The first-order chi connectivity index (χ1) is 5.83. The maximum atomic E-state index is 5.64. The normalized spacial score (nSPS) is 10.2. The molecular weight excluding hydrogens is 196 g/mol. The Morgan fingerprint density at radius 1 is 1.75 bits per heavy atom. The molecule has 1 heterocycles. The van der Waals surface area contributed by atoms with Crippen LogP contribution in [0.4, 0.5) is 5.13 Å². The zero-order valence-electron chi connectivity index (χ0n) is 6.84. The van der Waals surface area contributed by atoms with Gasteiger partial charge < -0.3 is 10.1 Å². The Hall–Kier alpha value is -0.320. The molecule has 0 aliphatic heterocycles. The quantitative estimate of drug-likeness (QED) is 0.751. The van der Waals surface area contributed by atoms with Crippen molar-refractivity contribution in [2.45, 2.75) is 6.42 Å². The number of ether oxygens (including phenoxy) is 1. The van der Waals surface area contributed by atoms with E-state index in [1.807, 2.05) is 0 Å². The van der Waals surface area contributed by atoms with Crippen LogP contribution >= 0.6 is 22.9 Å². The Kier molecular flexibility index (Phi) is 4.35. The number of hydrogen-bond donors (Lipinski definition) is 1. The van der Waals surface area contributed by atoms with Gasteiger partial charge >= 0.3 is 0 Å². The molecule has 1 aromatic rings. The van der Waals surface area contributed by atoms with Gasteiger partial charge in [-0.2, -0.15) is 0 Å². The maximum Gasteiger partial charge on any atom is 0.184 e. The van der Waals surface area contributed by atoms with Crippen molar-refractivity contribution in [1.82, 2.24) is 4.98 Å². The Morgan fingerprint density at radius 3 is 3.17 bits per heavy atom. The molecule has 0 saturated carbocycles. The number of rotatable bonds is 5. The number of nitrogens with zero attached hydrogens (tertiary/aromatic N) is 1. The number of nitrogens with one attached hydrogen (secondary N) is 1. The van der Waals surface area contributed by atoms with E-state index in [4.69, 9.17) is 16.3 Å². The first kappa shape index (κ1) is 9.77. The number of methoxy groups -OCH3 is 1. The molecule has 0 saturated heterocycles. The first-order valence-electron chi connectivity index (χ1n) is 3.67. The first-order valence-corrected chi connectivity index (χ1v) is 4.92. The van der Waals surface area contributed by atoms with Gasteiger partial charge in [-0.3, -0.25) is 0 Å². The maximum absolute atomic E-state index is 5.64. The SMILES string of the molecule is COCCCNc1nc(Cl)cs1. The van der Waals surface area contributed by atoms with E-state index in [2.05, 4.69) is 10.3 Å². The molecular formula is C7H11ClN2OS. The number of hydrogen-bond acceptors (Lipinski definition) is 4. The van der Waals surface area contributed by atoms with E-state index in [1.165, 1.54) is 11.3 Å².